The molecule has 0 aromatic carbocycles. The van der Waals surface area contributed by atoms with E-state index in [1.807, 2.05) is 0 Å². The Hall–Kier alpha value is -2.28. The topological polar surface area (TPSA) is 139 Å². The van der Waals surface area contributed by atoms with Crippen molar-refractivity contribution in [1.29, 1.82) is 0 Å². The van der Waals surface area contributed by atoms with Gasteiger partial charge in [0.15, 0.2) is 0 Å². The highest BCUT2D eigenvalue weighted by molar-refractivity contribution is 7.86. The first-order valence-corrected chi connectivity index (χ1v) is 11.3. The molecule has 0 fully saturated rings. The van der Waals surface area contributed by atoms with Crippen LogP contribution in [-0.4, -0.2) is 77.4 Å². The first-order chi connectivity index (χ1) is 14.4. The SMILES string of the molecule is COC(=O)c1cccc(C(COCCOCCNC(=O)OC(C)(C)C)OS(C)(=O)=O)n1. The lowest BCUT2D eigenvalue weighted by molar-refractivity contribution is 0.0113. The molecule has 0 saturated carbocycles. The molecule has 0 saturated heterocycles. The number of pyridine rings is 1. The molecule has 1 rings (SSSR count). The lowest BCUT2D eigenvalue weighted by Gasteiger charge is -2.19. The average Bonchev–Trinajstić information content (AvgIpc) is 2.66. The van der Waals surface area contributed by atoms with Gasteiger partial charge in [-0.3, -0.25) is 4.18 Å². The van der Waals surface area contributed by atoms with Crippen molar-refractivity contribution in [2.75, 3.05) is 46.3 Å². The van der Waals surface area contributed by atoms with Crippen LogP contribution >= 0.6 is 0 Å². The van der Waals surface area contributed by atoms with Gasteiger partial charge in [-0.05, 0) is 32.9 Å². The minimum absolute atomic E-state index is 0.0166. The predicted molar refractivity (Wildman–Crippen MR) is 110 cm³/mol. The number of rotatable bonds is 12. The summed E-state index contributed by atoms with van der Waals surface area (Å²) < 4.78 is 48.7. The fraction of sp³-hybridized carbons (Fsp3) is 0.632. The Labute approximate surface area is 182 Å². The Morgan fingerprint density at radius 1 is 1.13 bits per heavy atom. The van der Waals surface area contributed by atoms with E-state index in [1.165, 1.54) is 25.3 Å². The number of aromatic nitrogens is 1. The van der Waals surface area contributed by atoms with E-state index in [0.29, 0.717) is 0 Å². The minimum atomic E-state index is -3.81. The van der Waals surface area contributed by atoms with Crippen molar-refractivity contribution in [3.63, 3.8) is 0 Å². The van der Waals surface area contributed by atoms with Crippen LogP contribution in [0.4, 0.5) is 4.79 Å². The first-order valence-electron chi connectivity index (χ1n) is 9.47. The fourth-order valence-electron chi connectivity index (χ4n) is 2.17. The maximum atomic E-state index is 11.6. The normalized spacial score (nSPS) is 12.8. The maximum Gasteiger partial charge on any atom is 0.407 e. The molecule has 0 spiro atoms. The molecule has 176 valence electrons. The smallest absolute Gasteiger partial charge is 0.407 e. The Kier molecular flexibility index (Phi) is 10.8. The van der Waals surface area contributed by atoms with E-state index in [0.717, 1.165) is 6.26 Å². The molecule has 0 aliphatic rings. The molecule has 0 radical (unpaired) electrons. The van der Waals surface area contributed by atoms with Crippen molar-refractivity contribution >= 4 is 22.2 Å². The number of hydrogen-bond donors (Lipinski definition) is 1. The second-order valence-corrected chi connectivity index (χ2v) is 8.94. The molecule has 31 heavy (non-hydrogen) atoms. The van der Waals surface area contributed by atoms with Crippen molar-refractivity contribution in [3.8, 4) is 0 Å². The van der Waals surface area contributed by atoms with Gasteiger partial charge in [-0.1, -0.05) is 6.07 Å². The van der Waals surface area contributed by atoms with Crippen LogP contribution < -0.4 is 5.32 Å². The van der Waals surface area contributed by atoms with Crippen molar-refractivity contribution in [2.24, 2.45) is 0 Å². The van der Waals surface area contributed by atoms with Crippen LogP contribution in [0.15, 0.2) is 18.2 Å². The van der Waals surface area contributed by atoms with Gasteiger partial charge in [0.25, 0.3) is 10.1 Å². The molecule has 1 atom stereocenters. The van der Waals surface area contributed by atoms with Gasteiger partial charge in [-0.15, -0.1) is 0 Å². The molecular weight excluding hydrogens is 432 g/mol. The third-order valence-electron chi connectivity index (χ3n) is 3.34. The van der Waals surface area contributed by atoms with Crippen LogP contribution in [0.1, 0.15) is 43.1 Å². The molecule has 1 unspecified atom stereocenters. The molecule has 0 bridgehead atoms. The average molecular weight is 463 g/mol. The third kappa shape index (κ3) is 12.2. The van der Waals surface area contributed by atoms with Gasteiger partial charge in [0.1, 0.15) is 17.4 Å². The number of ether oxygens (including phenoxy) is 4. The number of carbonyl (C=O) groups excluding carboxylic acids is 2. The standard InChI is InChI=1S/C19H30N2O9S/c1-19(2,3)29-18(23)20-9-10-27-11-12-28-13-16(30-31(5,24)25)14-7-6-8-15(21-14)17(22)26-4/h6-8,16H,9-13H2,1-5H3,(H,20,23). The second kappa shape index (κ2) is 12.5. The van der Waals surface area contributed by atoms with Gasteiger partial charge < -0.3 is 24.3 Å². The molecule has 1 aromatic rings. The van der Waals surface area contributed by atoms with E-state index in [-0.39, 0.29) is 44.4 Å². The number of nitrogens with one attached hydrogen (secondary N) is 1. The van der Waals surface area contributed by atoms with Gasteiger partial charge in [0, 0.05) is 6.54 Å². The number of hydrogen-bond acceptors (Lipinski definition) is 10. The van der Waals surface area contributed by atoms with E-state index in [1.54, 1.807) is 20.8 Å². The number of amides is 1. The summed E-state index contributed by atoms with van der Waals surface area (Å²) >= 11 is 0. The van der Waals surface area contributed by atoms with Crippen molar-refractivity contribution < 1.29 is 41.1 Å². The Bertz CT molecular complexity index is 822. The summed E-state index contributed by atoms with van der Waals surface area (Å²) in [6, 6.07) is 4.49. The van der Waals surface area contributed by atoms with E-state index in [2.05, 4.69) is 15.0 Å². The maximum absolute atomic E-state index is 11.6. The van der Waals surface area contributed by atoms with Crippen molar-refractivity contribution in [3.05, 3.63) is 29.6 Å². The number of alkyl carbamates (subject to hydrolysis) is 1. The highest BCUT2D eigenvalue weighted by Crippen LogP contribution is 2.19. The van der Waals surface area contributed by atoms with E-state index in [9.17, 15) is 18.0 Å². The molecule has 0 aliphatic heterocycles. The van der Waals surface area contributed by atoms with Gasteiger partial charge in [-0.2, -0.15) is 8.42 Å². The molecule has 12 heteroatoms. The number of nitrogens with zero attached hydrogens (tertiary/aromatic N) is 1. The van der Waals surface area contributed by atoms with E-state index < -0.39 is 33.9 Å². The summed E-state index contributed by atoms with van der Waals surface area (Å²) in [5.74, 6) is -0.658. The van der Waals surface area contributed by atoms with Crippen molar-refractivity contribution in [2.45, 2.75) is 32.5 Å². The predicted octanol–water partition coefficient (Wildman–Crippen LogP) is 1.44. The van der Waals surface area contributed by atoms with Crippen LogP contribution in [-0.2, 0) is 33.2 Å². The highest BCUT2D eigenvalue weighted by Gasteiger charge is 2.21. The summed E-state index contributed by atoms with van der Waals surface area (Å²) in [5.41, 5.74) is -0.354. The number of esters is 1. The Morgan fingerprint density at radius 2 is 1.81 bits per heavy atom. The third-order valence-corrected chi connectivity index (χ3v) is 3.92. The lowest BCUT2D eigenvalue weighted by atomic mass is 10.2. The molecule has 11 nitrogen and oxygen atoms in total. The summed E-state index contributed by atoms with van der Waals surface area (Å²) in [4.78, 5) is 27.2. The van der Waals surface area contributed by atoms with Crippen molar-refractivity contribution in [1.82, 2.24) is 10.3 Å². The van der Waals surface area contributed by atoms with Crippen LogP contribution in [0, 0.1) is 0 Å². The monoisotopic (exact) mass is 462 g/mol. The molecule has 1 amide bonds. The molecule has 1 heterocycles. The van der Waals surface area contributed by atoms with Crippen LogP contribution in [0.25, 0.3) is 0 Å². The Morgan fingerprint density at radius 3 is 2.42 bits per heavy atom. The van der Waals surface area contributed by atoms with Crippen LogP contribution in [0.2, 0.25) is 0 Å². The zero-order valence-electron chi connectivity index (χ0n) is 18.4. The first kappa shape index (κ1) is 26.8. The zero-order chi connectivity index (χ0) is 23.5. The summed E-state index contributed by atoms with van der Waals surface area (Å²) in [6.45, 7) is 6.02. The molecule has 0 aliphatic carbocycles. The summed E-state index contributed by atoms with van der Waals surface area (Å²) in [5, 5.41) is 2.56. The number of methoxy groups -OCH3 is 1. The highest BCUT2D eigenvalue weighted by atomic mass is 32.2. The summed E-state index contributed by atoms with van der Waals surface area (Å²) in [7, 11) is -2.59. The molecule has 1 aromatic heterocycles. The molecule has 1 N–H and O–H groups in total. The van der Waals surface area contributed by atoms with Gasteiger partial charge in [-0.25, -0.2) is 14.6 Å². The molecular formula is C19H30N2O9S. The van der Waals surface area contributed by atoms with Gasteiger partial charge in [0.2, 0.25) is 0 Å². The Balaban J connectivity index is 2.45. The number of carbonyl (C=O) groups is 2. The van der Waals surface area contributed by atoms with Crippen LogP contribution in [0.3, 0.4) is 0 Å². The van der Waals surface area contributed by atoms with Gasteiger partial charge in [0.05, 0.1) is 45.5 Å². The second-order valence-electron chi connectivity index (χ2n) is 7.34. The zero-order valence-corrected chi connectivity index (χ0v) is 19.2. The quantitative estimate of drug-likeness (QED) is 0.276. The van der Waals surface area contributed by atoms with Gasteiger partial charge >= 0.3 is 12.1 Å². The van der Waals surface area contributed by atoms with Crippen LogP contribution in [0.5, 0.6) is 0 Å². The summed E-state index contributed by atoms with van der Waals surface area (Å²) in [6.07, 6.45) is -0.673. The fourth-order valence-corrected chi connectivity index (χ4v) is 2.75. The largest absolute Gasteiger partial charge is 0.464 e. The minimum Gasteiger partial charge on any atom is -0.464 e. The van der Waals surface area contributed by atoms with E-state index >= 15 is 0 Å². The van der Waals surface area contributed by atoms with E-state index in [4.69, 9.17) is 18.4 Å². The lowest BCUT2D eigenvalue weighted by Crippen LogP contribution is -2.34.